The number of hydrogen-bond donors (Lipinski definition) is 3. The van der Waals surface area contributed by atoms with Crippen molar-refractivity contribution in [1.82, 2.24) is 0 Å². The third-order valence-corrected chi connectivity index (χ3v) is 0.748. The number of carbonyl (C=O) groups is 1. The maximum absolute atomic E-state index is 9.43. The molecule has 0 saturated heterocycles. The number of rotatable bonds is 1. The minimum atomic E-state index is -4.82. The first-order chi connectivity index (χ1) is 2.94. The Morgan fingerprint density at radius 2 is 1.44 bits per heavy atom. The van der Waals surface area contributed by atoms with Crippen LogP contribution in [-0.4, -0.2) is 20.6 Å². The second-order valence-corrected chi connectivity index (χ2v) is 2.30. The predicted octanol–water partition coefficient (Wildman–Crippen LogP) is -6.15. The molecule has 5 nitrogen and oxygen atoms in total. The molecule has 50 valence electrons. The number of carboxylic acid groups (broad SMARTS) is 1. The Bertz CT molecular complexity index is 129. The molecule has 0 saturated carbocycles. The van der Waals surface area contributed by atoms with Crippen LogP contribution in [0.5, 0.6) is 0 Å². The van der Waals surface area contributed by atoms with Crippen LogP contribution in [0.2, 0.25) is 0 Å². The standard InChI is InChI=1S/CH3O5P.ClH.Na/c2-1(3)7(4,5)6;;/h(H,2,3)(H2,4,5,6);1H;/q;;+1/p-1. The molecular formula is CH3ClNaO5P. The molecule has 0 unspecified atom stereocenters. The third-order valence-electron chi connectivity index (χ3n) is 0.249. The Labute approximate surface area is 79.3 Å². The topological polar surface area (TPSA) is 94.8 Å². The molecule has 0 radical (unpaired) electrons. The van der Waals surface area contributed by atoms with Gasteiger partial charge in [-0.3, -0.25) is 0 Å². The quantitative estimate of drug-likeness (QED) is 0.278. The molecule has 0 heterocycles. The maximum atomic E-state index is 9.43. The van der Waals surface area contributed by atoms with Gasteiger partial charge in [0.05, 0.1) is 0 Å². The van der Waals surface area contributed by atoms with E-state index in [1.54, 1.807) is 0 Å². The van der Waals surface area contributed by atoms with Crippen molar-refractivity contribution in [2.24, 2.45) is 0 Å². The summed E-state index contributed by atoms with van der Waals surface area (Å²) in [6.45, 7) is 0. The molecule has 3 N–H and O–H groups in total. The summed E-state index contributed by atoms with van der Waals surface area (Å²) < 4.78 is 9.43. The van der Waals surface area contributed by atoms with E-state index in [2.05, 4.69) is 0 Å². The van der Waals surface area contributed by atoms with Gasteiger partial charge in [-0.05, 0) is 0 Å². The first-order valence-electron chi connectivity index (χ1n) is 1.23. The fourth-order valence-electron chi connectivity index (χ4n) is 0. The molecular weight excluding hydrogens is 181 g/mol. The zero-order valence-corrected chi connectivity index (χ0v) is 8.13. The van der Waals surface area contributed by atoms with Gasteiger partial charge < -0.3 is 27.3 Å². The monoisotopic (exact) mass is 184 g/mol. The average molecular weight is 184 g/mol. The largest absolute Gasteiger partial charge is 1.00 e. The van der Waals surface area contributed by atoms with E-state index in [1.165, 1.54) is 0 Å². The van der Waals surface area contributed by atoms with Crippen molar-refractivity contribution in [2.45, 2.75) is 0 Å². The van der Waals surface area contributed by atoms with E-state index in [0.717, 1.165) is 0 Å². The zero-order valence-electron chi connectivity index (χ0n) is 4.48. The van der Waals surface area contributed by atoms with Gasteiger partial charge in [0.15, 0.2) is 0 Å². The molecule has 0 aromatic heterocycles. The fraction of sp³-hybridized carbons (Fsp3) is 0. The molecule has 0 bridgehead atoms. The molecule has 0 amide bonds. The molecule has 0 aliphatic rings. The number of halogens is 1. The van der Waals surface area contributed by atoms with Crippen molar-refractivity contribution in [3.63, 3.8) is 0 Å². The molecule has 0 aliphatic carbocycles. The van der Waals surface area contributed by atoms with Crippen LogP contribution in [0.15, 0.2) is 0 Å². The summed E-state index contributed by atoms with van der Waals surface area (Å²) in [5, 5.41) is 7.49. The van der Waals surface area contributed by atoms with Crippen molar-refractivity contribution < 1.29 is 66.2 Å². The molecule has 0 fully saturated rings. The van der Waals surface area contributed by atoms with Crippen molar-refractivity contribution in [3.05, 3.63) is 0 Å². The Hall–Kier alpha value is 0.910. The molecule has 0 aromatic rings. The van der Waals surface area contributed by atoms with Gasteiger partial charge in [0, 0.05) is 0 Å². The summed E-state index contributed by atoms with van der Waals surface area (Å²) in [6.07, 6.45) is 0. The van der Waals surface area contributed by atoms with E-state index in [-0.39, 0.29) is 42.0 Å². The van der Waals surface area contributed by atoms with E-state index < -0.39 is 13.3 Å². The van der Waals surface area contributed by atoms with Crippen LogP contribution in [0.25, 0.3) is 0 Å². The normalized spacial score (nSPS) is 8.67. The first kappa shape index (κ1) is 16.5. The van der Waals surface area contributed by atoms with Crippen molar-refractivity contribution >= 4 is 13.3 Å². The van der Waals surface area contributed by atoms with Crippen molar-refractivity contribution in [2.75, 3.05) is 0 Å². The van der Waals surface area contributed by atoms with Crippen molar-refractivity contribution in [1.29, 1.82) is 0 Å². The minimum Gasteiger partial charge on any atom is -1.00 e. The molecule has 9 heavy (non-hydrogen) atoms. The Morgan fingerprint density at radius 3 is 1.44 bits per heavy atom. The Kier molecular flexibility index (Phi) is 10.4. The van der Waals surface area contributed by atoms with Gasteiger partial charge in [-0.15, -0.1) is 0 Å². The van der Waals surface area contributed by atoms with Crippen LogP contribution in [-0.2, 0) is 4.57 Å². The van der Waals surface area contributed by atoms with E-state index in [9.17, 15) is 9.36 Å². The van der Waals surface area contributed by atoms with Crippen LogP contribution in [0, 0.1) is 0 Å². The van der Waals surface area contributed by atoms with Gasteiger partial charge in [0.2, 0.25) is 0 Å². The average Bonchev–Trinajstić information content (AvgIpc) is 1.31. The van der Waals surface area contributed by atoms with Crippen LogP contribution in [0.4, 0.5) is 4.79 Å². The van der Waals surface area contributed by atoms with Gasteiger partial charge in [0.1, 0.15) is 0 Å². The summed E-state index contributed by atoms with van der Waals surface area (Å²) in [4.78, 5) is 24.5. The van der Waals surface area contributed by atoms with Crippen LogP contribution in [0.3, 0.4) is 0 Å². The summed E-state index contributed by atoms with van der Waals surface area (Å²) in [7, 11) is -4.82. The van der Waals surface area contributed by atoms with Gasteiger partial charge in [-0.1, -0.05) is 0 Å². The molecule has 0 aromatic carbocycles. The van der Waals surface area contributed by atoms with E-state index in [1.807, 2.05) is 0 Å². The molecule has 0 rings (SSSR count). The summed E-state index contributed by atoms with van der Waals surface area (Å²) in [5.41, 5.74) is -2.09. The van der Waals surface area contributed by atoms with Gasteiger partial charge in [-0.2, -0.15) is 0 Å². The van der Waals surface area contributed by atoms with E-state index >= 15 is 0 Å². The van der Waals surface area contributed by atoms with E-state index in [4.69, 9.17) is 14.9 Å². The third kappa shape index (κ3) is 8.91. The summed E-state index contributed by atoms with van der Waals surface area (Å²) in [6, 6.07) is 0. The van der Waals surface area contributed by atoms with Crippen LogP contribution in [0.1, 0.15) is 0 Å². The first-order valence-corrected chi connectivity index (χ1v) is 2.85. The van der Waals surface area contributed by atoms with Crippen LogP contribution >= 0.6 is 7.60 Å². The molecule has 8 heteroatoms. The molecule has 0 atom stereocenters. The predicted molar refractivity (Wildman–Crippen MR) is 20.1 cm³/mol. The van der Waals surface area contributed by atoms with Gasteiger partial charge in [-0.25, -0.2) is 9.36 Å². The SMILES string of the molecule is O=C(O)P(=O)(O)O.[Cl-].[Na+]. The number of hydrogen-bond acceptors (Lipinski definition) is 2. The zero-order chi connectivity index (χ0) is 6.08. The van der Waals surface area contributed by atoms with Gasteiger partial charge in [0.25, 0.3) is 0 Å². The van der Waals surface area contributed by atoms with E-state index in [0.29, 0.717) is 0 Å². The molecule has 0 aliphatic heterocycles. The van der Waals surface area contributed by atoms with Crippen LogP contribution < -0.4 is 42.0 Å². The Balaban J connectivity index is -0.000000180. The Morgan fingerprint density at radius 1 is 1.33 bits per heavy atom. The van der Waals surface area contributed by atoms with Gasteiger partial charge >= 0.3 is 42.9 Å². The summed E-state index contributed by atoms with van der Waals surface area (Å²) in [5.74, 6) is 0. The van der Waals surface area contributed by atoms with Crippen molar-refractivity contribution in [3.8, 4) is 0 Å². The smallest absolute Gasteiger partial charge is 1.00 e. The fourth-order valence-corrected chi connectivity index (χ4v) is 0. The molecule has 0 spiro atoms. The summed E-state index contributed by atoms with van der Waals surface area (Å²) >= 11 is 0. The second kappa shape index (κ2) is 5.68. The minimum absolute atomic E-state index is 0. The second-order valence-electron chi connectivity index (χ2n) is 0.827. The maximum Gasteiger partial charge on any atom is 1.00 e.